The van der Waals surface area contributed by atoms with Crippen LogP contribution in [0.5, 0.6) is 5.75 Å². The fraction of sp³-hybridized carbons (Fsp3) is 0.0500. The standard InChI is InChI=1S/C20H16ClFN2O4S/c1-28-18-10-9-15(23-20(25)13-5-4-6-14(22)11-13)12-19(18)29(26,27)24-17-8-3-2-7-16(17)21/h2-12,24H,1H3,(H,23,25). The SMILES string of the molecule is COc1ccc(NC(=O)c2cccc(F)c2)cc1S(=O)(=O)Nc1ccccc1Cl. The van der Waals surface area contributed by atoms with E-state index in [9.17, 15) is 17.6 Å². The van der Waals surface area contributed by atoms with Gasteiger partial charge >= 0.3 is 0 Å². The summed E-state index contributed by atoms with van der Waals surface area (Å²) in [6.45, 7) is 0. The molecule has 0 bridgehead atoms. The Balaban J connectivity index is 1.92. The molecule has 3 rings (SSSR count). The van der Waals surface area contributed by atoms with Gasteiger partial charge < -0.3 is 10.1 Å². The molecule has 0 saturated heterocycles. The van der Waals surface area contributed by atoms with Crippen LogP contribution in [-0.4, -0.2) is 21.4 Å². The van der Waals surface area contributed by atoms with Crippen molar-refractivity contribution < 1.29 is 22.3 Å². The third-order valence-corrected chi connectivity index (χ3v) is 5.63. The number of benzene rings is 3. The number of amides is 1. The predicted octanol–water partition coefficient (Wildman–Crippen LogP) is 4.54. The van der Waals surface area contributed by atoms with Gasteiger partial charge in [0.1, 0.15) is 16.5 Å². The molecule has 0 saturated carbocycles. The van der Waals surface area contributed by atoms with Gasteiger partial charge in [0.25, 0.3) is 15.9 Å². The highest BCUT2D eigenvalue weighted by Crippen LogP contribution is 2.31. The van der Waals surface area contributed by atoms with E-state index in [0.717, 1.165) is 6.07 Å². The molecular formula is C20H16ClFN2O4S. The molecule has 150 valence electrons. The molecule has 0 unspecified atom stereocenters. The lowest BCUT2D eigenvalue weighted by atomic mass is 10.2. The van der Waals surface area contributed by atoms with Crippen molar-refractivity contribution in [2.45, 2.75) is 4.90 Å². The quantitative estimate of drug-likeness (QED) is 0.596. The first-order valence-electron chi connectivity index (χ1n) is 8.32. The number of nitrogens with one attached hydrogen (secondary N) is 2. The summed E-state index contributed by atoms with van der Waals surface area (Å²) in [6.07, 6.45) is 0. The van der Waals surface area contributed by atoms with Crippen molar-refractivity contribution >= 4 is 38.9 Å². The maximum atomic E-state index is 13.3. The number of rotatable bonds is 6. The maximum Gasteiger partial charge on any atom is 0.265 e. The topological polar surface area (TPSA) is 84.5 Å². The number of hydrogen-bond donors (Lipinski definition) is 2. The molecule has 0 atom stereocenters. The molecule has 0 aliphatic rings. The van der Waals surface area contributed by atoms with Gasteiger partial charge in [-0.15, -0.1) is 0 Å². The monoisotopic (exact) mass is 434 g/mol. The second-order valence-electron chi connectivity index (χ2n) is 5.92. The first-order valence-corrected chi connectivity index (χ1v) is 10.2. The van der Waals surface area contributed by atoms with Crippen LogP contribution in [0, 0.1) is 5.82 Å². The van der Waals surface area contributed by atoms with E-state index >= 15 is 0 Å². The molecule has 9 heteroatoms. The molecule has 0 aromatic heterocycles. The van der Waals surface area contributed by atoms with Crippen LogP contribution in [0.3, 0.4) is 0 Å². The highest BCUT2D eigenvalue weighted by atomic mass is 35.5. The van der Waals surface area contributed by atoms with Crippen molar-refractivity contribution in [2.24, 2.45) is 0 Å². The van der Waals surface area contributed by atoms with Crippen LogP contribution in [0.4, 0.5) is 15.8 Å². The molecule has 0 radical (unpaired) electrons. The van der Waals surface area contributed by atoms with Gasteiger partial charge in [-0.2, -0.15) is 0 Å². The zero-order valence-corrected chi connectivity index (χ0v) is 16.7. The van der Waals surface area contributed by atoms with Gasteiger partial charge in [-0.25, -0.2) is 12.8 Å². The lowest BCUT2D eigenvalue weighted by molar-refractivity contribution is 0.102. The number of sulfonamides is 1. The van der Waals surface area contributed by atoms with Gasteiger partial charge in [0.05, 0.1) is 17.8 Å². The number of para-hydroxylation sites is 1. The molecule has 1 amide bonds. The second kappa shape index (κ2) is 8.50. The molecule has 3 aromatic rings. The summed E-state index contributed by atoms with van der Waals surface area (Å²) < 4.78 is 46.6. The van der Waals surface area contributed by atoms with E-state index in [2.05, 4.69) is 10.0 Å². The Hall–Kier alpha value is -3.10. The Labute approximate surface area is 172 Å². The van der Waals surface area contributed by atoms with Crippen LogP contribution in [0.15, 0.2) is 71.6 Å². The van der Waals surface area contributed by atoms with Crippen molar-refractivity contribution in [2.75, 3.05) is 17.1 Å². The summed E-state index contributed by atoms with van der Waals surface area (Å²) in [4.78, 5) is 12.1. The van der Waals surface area contributed by atoms with E-state index < -0.39 is 21.7 Å². The normalized spacial score (nSPS) is 11.0. The second-order valence-corrected chi connectivity index (χ2v) is 7.97. The number of anilines is 2. The summed E-state index contributed by atoms with van der Waals surface area (Å²) in [5, 5.41) is 2.77. The summed E-state index contributed by atoms with van der Waals surface area (Å²) in [5.74, 6) is -1.06. The van der Waals surface area contributed by atoms with Gasteiger partial charge in [0, 0.05) is 11.3 Å². The third kappa shape index (κ3) is 4.85. The van der Waals surface area contributed by atoms with Gasteiger partial charge in [0.2, 0.25) is 0 Å². The molecule has 0 aliphatic carbocycles. The molecular weight excluding hydrogens is 419 g/mol. The molecule has 0 aliphatic heterocycles. The average Bonchev–Trinajstić information content (AvgIpc) is 2.69. The number of ether oxygens (including phenoxy) is 1. The van der Waals surface area contributed by atoms with Crippen molar-refractivity contribution in [1.82, 2.24) is 0 Å². The van der Waals surface area contributed by atoms with Crippen LogP contribution >= 0.6 is 11.6 Å². The molecule has 2 N–H and O–H groups in total. The fourth-order valence-electron chi connectivity index (χ4n) is 2.54. The van der Waals surface area contributed by atoms with E-state index in [0.29, 0.717) is 0 Å². The van der Waals surface area contributed by atoms with Crippen LogP contribution in [0.1, 0.15) is 10.4 Å². The van der Waals surface area contributed by atoms with Gasteiger partial charge in [-0.1, -0.05) is 29.8 Å². The molecule has 0 spiro atoms. The minimum Gasteiger partial charge on any atom is -0.495 e. The number of carbonyl (C=O) groups excluding carboxylic acids is 1. The molecule has 6 nitrogen and oxygen atoms in total. The average molecular weight is 435 g/mol. The van der Waals surface area contributed by atoms with Gasteiger partial charge in [-0.05, 0) is 48.5 Å². The summed E-state index contributed by atoms with van der Waals surface area (Å²) in [5.41, 5.74) is 0.490. The Morgan fingerprint density at radius 1 is 1.03 bits per heavy atom. The fourth-order valence-corrected chi connectivity index (χ4v) is 4.06. The summed E-state index contributed by atoms with van der Waals surface area (Å²) >= 11 is 6.03. The highest BCUT2D eigenvalue weighted by molar-refractivity contribution is 7.92. The zero-order chi connectivity index (χ0) is 21.0. The Morgan fingerprint density at radius 3 is 2.48 bits per heavy atom. The van der Waals surface area contributed by atoms with Crippen LogP contribution in [0.2, 0.25) is 5.02 Å². The van der Waals surface area contributed by atoms with Crippen molar-refractivity contribution in [3.63, 3.8) is 0 Å². The first-order chi connectivity index (χ1) is 13.8. The molecule has 29 heavy (non-hydrogen) atoms. The maximum absolute atomic E-state index is 13.3. The van der Waals surface area contributed by atoms with E-state index in [1.807, 2.05) is 0 Å². The molecule has 0 fully saturated rings. The van der Waals surface area contributed by atoms with Gasteiger partial charge in [-0.3, -0.25) is 9.52 Å². The Bertz CT molecular complexity index is 1170. The van der Waals surface area contributed by atoms with E-state index in [1.165, 1.54) is 49.6 Å². The highest BCUT2D eigenvalue weighted by Gasteiger charge is 2.22. The minimum absolute atomic E-state index is 0.0771. The number of carbonyl (C=O) groups is 1. The zero-order valence-electron chi connectivity index (χ0n) is 15.1. The lowest BCUT2D eigenvalue weighted by Crippen LogP contribution is -2.16. The van der Waals surface area contributed by atoms with E-state index in [-0.39, 0.29) is 32.6 Å². The van der Waals surface area contributed by atoms with Crippen molar-refractivity contribution in [3.05, 3.63) is 83.1 Å². The molecule has 0 heterocycles. The largest absolute Gasteiger partial charge is 0.495 e. The number of methoxy groups -OCH3 is 1. The number of hydrogen-bond acceptors (Lipinski definition) is 4. The van der Waals surface area contributed by atoms with E-state index in [4.69, 9.17) is 16.3 Å². The summed E-state index contributed by atoms with van der Waals surface area (Å²) in [7, 11) is -2.75. The Kier molecular flexibility index (Phi) is 6.05. The third-order valence-electron chi connectivity index (χ3n) is 3.92. The van der Waals surface area contributed by atoms with Crippen LogP contribution in [-0.2, 0) is 10.0 Å². The van der Waals surface area contributed by atoms with Crippen molar-refractivity contribution in [3.8, 4) is 5.75 Å². The molecule has 3 aromatic carbocycles. The smallest absolute Gasteiger partial charge is 0.265 e. The van der Waals surface area contributed by atoms with Crippen LogP contribution < -0.4 is 14.8 Å². The Morgan fingerprint density at radius 2 is 1.79 bits per heavy atom. The van der Waals surface area contributed by atoms with Crippen molar-refractivity contribution in [1.29, 1.82) is 0 Å². The lowest BCUT2D eigenvalue weighted by Gasteiger charge is -2.14. The number of halogens is 2. The van der Waals surface area contributed by atoms with Gasteiger partial charge in [0.15, 0.2) is 0 Å². The summed E-state index contributed by atoms with van der Waals surface area (Å²) in [6, 6.07) is 15.6. The predicted molar refractivity (Wildman–Crippen MR) is 110 cm³/mol. The first kappa shape index (κ1) is 20.6. The minimum atomic E-state index is -4.08. The van der Waals surface area contributed by atoms with E-state index in [1.54, 1.807) is 18.2 Å². The van der Waals surface area contributed by atoms with Crippen LogP contribution in [0.25, 0.3) is 0 Å².